The van der Waals surface area contributed by atoms with Crippen LogP contribution in [0.3, 0.4) is 0 Å². The predicted octanol–water partition coefficient (Wildman–Crippen LogP) is 6.52. The van der Waals surface area contributed by atoms with Gasteiger partial charge in [0.25, 0.3) is 0 Å². The number of rotatable bonds is 22. The highest BCUT2D eigenvalue weighted by Crippen LogP contribution is 2.25. The molecule has 0 aliphatic carbocycles. The molecule has 0 bridgehead atoms. The monoisotopic (exact) mass is 1210 g/mol. The van der Waals surface area contributed by atoms with Crippen molar-refractivity contribution in [3.05, 3.63) is 118 Å². The first-order valence-corrected chi connectivity index (χ1v) is 26.7. The second-order valence-corrected chi connectivity index (χ2v) is 21.3. The largest absolute Gasteiger partial charge is 0.550 e. The molecule has 1 fully saturated rings. The minimum atomic E-state index is -1.42. The number of cyclic esters (lactones) is 2. The molecule has 1 heterocycles. The fraction of sp³-hybridized carbons (Fsp3) is 0.500. The first-order chi connectivity index (χ1) is 40.1. The van der Waals surface area contributed by atoms with Gasteiger partial charge in [-0.3, -0.25) is 25.1 Å². The number of aliphatic hydroxyl groups is 3. The van der Waals surface area contributed by atoms with Crippen molar-refractivity contribution in [1.82, 2.24) is 5.32 Å². The average molecular weight is 1210 g/mol. The molecular weight excluding hydrogens is 1130 g/mol. The Morgan fingerprint density at radius 1 is 0.663 bits per heavy atom. The SMILES string of the molecule is C=C(C)CCOC(=O)C(C)(CO)COC(=O)OCc1ccc(C)cc1.CC(=NCOC(=O)C1(C)COC(=O)OC1)NC(=O)OC(C)(C)C.CC(=O)[O-].Cc1ccc(CO)cc1.Cc1ccc(COC(=O)OCC(C)(CO)C(=O)OCCC(=N)N)cc1. The standard InChI is InChI=1S/C19H26O6.C17H24N2O6.C14H22N2O7.C8H10O.C2H4O2/c1-14(2)9-10-23-17(21)19(4,12-20)13-25-18(22)24-11-16-7-5-15(3)6-8-16;1-12-3-5-13(6-4-12)9-24-16(22)25-11-17(2,10-20)15(21)23-8-7-14(18)19;1-9(16-11(18)23-13(2,3)4)15-8-22-10(17)14(5)6-20-12(19)21-7-14;1-7-2-4-8(6-9)5-3-7;1-2(3)4/h5-8,20H,1,9-13H2,2-4H3;3-6,20H,7-11H2,1-2H3,(H3,18,19);6-8H2,1-5H3,(H,15,16,18);2-5,9H,6H2,1H3;1H3,(H,3,4)/p-1. The highest BCUT2D eigenvalue weighted by Gasteiger charge is 2.42. The van der Waals surface area contributed by atoms with Crippen LogP contribution in [0.5, 0.6) is 0 Å². The van der Waals surface area contributed by atoms with Crippen molar-refractivity contribution in [3.8, 4) is 0 Å². The van der Waals surface area contributed by atoms with E-state index in [1.807, 2.05) is 100 Å². The van der Waals surface area contributed by atoms with Gasteiger partial charge in [-0.25, -0.2) is 24.2 Å². The van der Waals surface area contributed by atoms with Gasteiger partial charge in [-0.1, -0.05) is 95.1 Å². The van der Waals surface area contributed by atoms with E-state index in [4.69, 9.17) is 64.0 Å². The molecule has 1 saturated heterocycles. The summed E-state index contributed by atoms with van der Waals surface area (Å²) in [6.07, 6.45) is -2.69. The third-order valence-electron chi connectivity index (χ3n) is 11.0. The molecule has 0 aromatic heterocycles. The number of carboxylic acids is 1. The predicted molar refractivity (Wildman–Crippen MR) is 310 cm³/mol. The fourth-order valence-electron chi connectivity index (χ4n) is 5.62. The van der Waals surface area contributed by atoms with Gasteiger partial charge in [0, 0.05) is 18.8 Å². The van der Waals surface area contributed by atoms with Crippen molar-refractivity contribution in [2.45, 2.75) is 121 Å². The van der Waals surface area contributed by atoms with Crippen LogP contribution in [0.1, 0.15) is 109 Å². The van der Waals surface area contributed by atoms with Crippen LogP contribution in [-0.4, -0.2) is 141 Å². The number of aliphatic carboxylic acids is 1. The number of carboxylic acid groups (broad SMARTS) is 1. The Labute approximate surface area is 501 Å². The summed E-state index contributed by atoms with van der Waals surface area (Å²) in [7, 11) is 0. The van der Waals surface area contributed by atoms with Crippen LogP contribution in [0.2, 0.25) is 0 Å². The van der Waals surface area contributed by atoms with Gasteiger partial charge in [0.15, 0.2) is 6.73 Å². The van der Waals surface area contributed by atoms with Crippen LogP contribution in [0.4, 0.5) is 19.2 Å². The molecule has 478 valence electrons. The summed E-state index contributed by atoms with van der Waals surface area (Å²) in [4.78, 5) is 94.4. The summed E-state index contributed by atoms with van der Waals surface area (Å²) < 4.78 is 49.2. The fourth-order valence-corrected chi connectivity index (χ4v) is 5.62. The van der Waals surface area contributed by atoms with E-state index in [0.717, 1.165) is 40.3 Å². The number of nitrogens with zero attached hydrogens (tertiary/aromatic N) is 1. The second kappa shape index (κ2) is 39.8. The molecule has 1 aliphatic rings. The van der Waals surface area contributed by atoms with Gasteiger partial charge >= 0.3 is 42.5 Å². The lowest BCUT2D eigenvalue weighted by Crippen LogP contribution is -2.44. The Hall–Kier alpha value is -8.62. The van der Waals surface area contributed by atoms with E-state index in [9.17, 15) is 43.8 Å². The Bertz CT molecular complexity index is 2550. The third kappa shape index (κ3) is 35.5. The van der Waals surface area contributed by atoms with Crippen molar-refractivity contribution < 1.29 is 106 Å². The molecular formula is C60H85N4O22-. The zero-order chi connectivity index (χ0) is 65.7. The number of nitrogens with one attached hydrogen (secondary N) is 2. The summed E-state index contributed by atoms with van der Waals surface area (Å²) in [5.74, 6) is -2.96. The first-order valence-electron chi connectivity index (χ1n) is 26.7. The maximum atomic E-state index is 12.1. The lowest BCUT2D eigenvalue weighted by atomic mass is 9.93. The summed E-state index contributed by atoms with van der Waals surface area (Å²) in [5, 5.41) is 45.9. The molecule has 0 radical (unpaired) electrons. The number of aryl methyl sites for hydroxylation is 3. The summed E-state index contributed by atoms with van der Waals surface area (Å²) in [6.45, 7) is 21.6. The Kier molecular flexibility index (Phi) is 35.8. The minimum Gasteiger partial charge on any atom is -0.550 e. The zero-order valence-corrected chi connectivity index (χ0v) is 51.2. The second-order valence-electron chi connectivity index (χ2n) is 21.3. The van der Waals surface area contributed by atoms with Gasteiger partial charge in [0.05, 0.1) is 38.9 Å². The number of hydrogen-bond acceptors (Lipinski definition) is 24. The van der Waals surface area contributed by atoms with E-state index in [2.05, 4.69) is 26.4 Å². The topological polar surface area (TPSA) is 387 Å². The number of nitrogens with two attached hydrogens (primary N) is 1. The molecule has 4 rings (SSSR count). The zero-order valence-electron chi connectivity index (χ0n) is 51.2. The van der Waals surface area contributed by atoms with Crippen LogP contribution in [0, 0.1) is 42.4 Å². The number of ether oxygens (including phenoxy) is 10. The molecule has 26 nitrogen and oxygen atoms in total. The van der Waals surface area contributed by atoms with Crippen molar-refractivity contribution >= 4 is 60.1 Å². The maximum absolute atomic E-state index is 12.1. The number of amides is 1. The number of aliphatic imine (C=N–C) groups is 1. The lowest BCUT2D eigenvalue weighted by Gasteiger charge is -2.29. The third-order valence-corrected chi connectivity index (χ3v) is 11.0. The molecule has 7 N–H and O–H groups in total. The molecule has 86 heavy (non-hydrogen) atoms. The summed E-state index contributed by atoms with van der Waals surface area (Å²) in [6, 6.07) is 22.8. The van der Waals surface area contributed by atoms with Crippen LogP contribution < -0.4 is 16.2 Å². The number of amidine groups is 2. The molecule has 1 amide bonds. The normalized spacial score (nSPS) is 13.4. The van der Waals surface area contributed by atoms with E-state index in [0.29, 0.717) is 6.42 Å². The number of benzene rings is 3. The Morgan fingerprint density at radius 2 is 1.05 bits per heavy atom. The molecule has 3 aromatic carbocycles. The molecule has 26 heteroatoms. The first kappa shape index (κ1) is 77.4. The minimum absolute atomic E-state index is 0.0397. The van der Waals surface area contributed by atoms with Gasteiger partial charge < -0.3 is 78.3 Å². The highest BCUT2D eigenvalue weighted by atomic mass is 16.7. The molecule has 3 aromatic rings. The number of esters is 3. The highest BCUT2D eigenvalue weighted by molar-refractivity contribution is 5.94. The smallest absolute Gasteiger partial charge is 0.508 e. The summed E-state index contributed by atoms with van der Waals surface area (Å²) >= 11 is 0. The molecule has 0 saturated carbocycles. The molecule has 2 atom stereocenters. The number of carbonyl (C=O) groups is 8. The van der Waals surface area contributed by atoms with E-state index in [1.165, 1.54) is 26.3 Å². The van der Waals surface area contributed by atoms with E-state index >= 15 is 0 Å². The van der Waals surface area contributed by atoms with E-state index in [-0.39, 0.29) is 77.7 Å². The van der Waals surface area contributed by atoms with Crippen molar-refractivity contribution in [1.29, 1.82) is 5.41 Å². The number of alkyl carbamates (subject to hydrolysis) is 1. The summed E-state index contributed by atoms with van der Waals surface area (Å²) in [5.41, 5.74) is 7.63. The van der Waals surface area contributed by atoms with Crippen molar-refractivity contribution in [2.24, 2.45) is 27.0 Å². The molecule has 2 unspecified atom stereocenters. The maximum Gasteiger partial charge on any atom is 0.508 e. The Morgan fingerprint density at radius 3 is 1.40 bits per heavy atom. The van der Waals surface area contributed by atoms with Crippen LogP contribution >= 0.6 is 0 Å². The van der Waals surface area contributed by atoms with Crippen molar-refractivity contribution in [2.75, 3.05) is 59.6 Å². The van der Waals surface area contributed by atoms with E-state index in [1.54, 1.807) is 27.7 Å². The van der Waals surface area contributed by atoms with Crippen LogP contribution in [-0.2, 0) is 86.4 Å². The van der Waals surface area contributed by atoms with Crippen molar-refractivity contribution in [3.63, 3.8) is 0 Å². The Balaban J connectivity index is 0.00000114. The van der Waals surface area contributed by atoms with Gasteiger partial charge in [-0.15, -0.1) is 6.58 Å². The van der Waals surface area contributed by atoms with E-state index < -0.39 is 90.1 Å². The van der Waals surface area contributed by atoms with Gasteiger partial charge in [0.2, 0.25) is 0 Å². The lowest BCUT2D eigenvalue weighted by molar-refractivity contribution is -0.302. The van der Waals surface area contributed by atoms with Crippen LogP contribution in [0.25, 0.3) is 0 Å². The van der Waals surface area contributed by atoms with Gasteiger partial charge in [-0.05, 0) is 99.8 Å². The number of carbonyl (C=O) groups excluding carboxylic acids is 8. The average Bonchev–Trinajstić information content (AvgIpc) is 3.59. The quantitative estimate of drug-likeness (QED) is 0.0205. The molecule has 0 spiro atoms. The van der Waals surface area contributed by atoms with Gasteiger partial charge in [0.1, 0.15) is 67.3 Å². The molecule has 1 aliphatic heterocycles. The van der Waals surface area contributed by atoms with Crippen LogP contribution in [0.15, 0.2) is 89.9 Å². The number of hydrogen-bond donors (Lipinski definition) is 6. The van der Waals surface area contributed by atoms with Gasteiger partial charge in [-0.2, -0.15) is 0 Å². The number of aliphatic hydroxyl groups excluding tert-OH is 3.